The van der Waals surface area contributed by atoms with Crippen LogP contribution in [0.25, 0.3) is 10.9 Å². The number of aromatic amines is 1. The number of benzene rings is 1. The molecule has 0 atom stereocenters. The Morgan fingerprint density at radius 1 is 1.23 bits per heavy atom. The van der Waals surface area contributed by atoms with Gasteiger partial charge in [-0.1, -0.05) is 0 Å². The molecule has 138 valence electrons. The van der Waals surface area contributed by atoms with E-state index in [0.29, 0.717) is 28.0 Å². The number of H-pyrrole nitrogens is 1. The number of sulfone groups is 1. The summed E-state index contributed by atoms with van der Waals surface area (Å²) in [6, 6.07) is 6.66. The van der Waals surface area contributed by atoms with Crippen LogP contribution in [0.5, 0.6) is 0 Å². The topological polar surface area (TPSA) is 108 Å². The van der Waals surface area contributed by atoms with Gasteiger partial charge in [-0.25, -0.2) is 8.42 Å². The molecule has 1 aromatic carbocycles. The van der Waals surface area contributed by atoms with Gasteiger partial charge in [-0.2, -0.15) is 5.10 Å². The van der Waals surface area contributed by atoms with Crippen molar-refractivity contribution < 1.29 is 13.5 Å². The summed E-state index contributed by atoms with van der Waals surface area (Å²) in [6.45, 7) is 6.69. The van der Waals surface area contributed by atoms with Crippen molar-refractivity contribution in [3.63, 3.8) is 0 Å². The van der Waals surface area contributed by atoms with Gasteiger partial charge in [0.2, 0.25) is 0 Å². The van der Waals surface area contributed by atoms with Crippen LogP contribution in [0.1, 0.15) is 32.0 Å². The molecule has 2 aromatic heterocycles. The van der Waals surface area contributed by atoms with Crippen LogP contribution in [0.3, 0.4) is 0 Å². The Morgan fingerprint density at radius 2 is 1.96 bits per heavy atom. The Kier molecular flexibility index (Phi) is 4.49. The number of fused-ring (bicyclic) bond motifs is 1. The predicted octanol–water partition coefficient (Wildman–Crippen LogP) is 3.07. The number of hydrogen-bond acceptors (Lipinski definition) is 6. The van der Waals surface area contributed by atoms with Gasteiger partial charge in [-0.05, 0) is 52.0 Å². The van der Waals surface area contributed by atoms with Crippen LogP contribution in [0.2, 0.25) is 0 Å². The van der Waals surface area contributed by atoms with E-state index in [4.69, 9.17) is 0 Å². The number of hydrogen-bond donors (Lipinski definition) is 3. The van der Waals surface area contributed by atoms with Crippen molar-refractivity contribution in [2.24, 2.45) is 0 Å². The number of pyridine rings is 1. The Hall–Kier alpha value is -2.45. The zero-order valence-corrected chi connectivity index (χ0v) is 16.0. The number of aliphatic hydroxyl groups excluding tert-OH is 1. The second kappa shape index (κ2) is 6.37. The zero-order chi connectivity index (χ0) is 19.1. The van der Waals surface area contributed by atoms with Gasteiger partial charge < -0.3 is 10.4 Å². The Bertz CT molecular complexity index is 1070. The van der Waals surface area contributed by atoms with Gasteiger partial charge in [0.15, 0.2) is 15.7 Å². The number of aromatic nitrogens is 3. The molecular weight excluding hydrogens is 352 g/mol. The summed E-state index contributed by atoms with van der Waals surface area (Å²) in [5, 5.41) is 20.4. The molecule has 0 amide bonds. The summed E-state index contributed by atoms with van der Waals surface area (Å²) in [5.41, 5.74) is 2.76. The molecule has 0 spiro atoms. The fourth-order valence-electron chi connectivity index (χ4n) is 2.63. The molecule has 0 saturated heterocycles. The number of rotatable bonds is 4. The molecule has 26 heavy (non-hydrogen) atoms. The molecule has 8 heteroatoms. The van der Waals surface area contributed by atoms with Crippen LogP contribution in [0.4, 0.5) is 11.5 Å². The van der Waals surface area contributed by atoms with E-state index in [0.717, 1.165) is 5.69 Å². The standard InChI is InChI=1S/C18H22N4O3S/c1-11-14(10-23)17(22-21-11)20-16-7-8-19-15-6-5-12(9-13(15)16)26(24,25)18(2,3)4/h5-9,23H,10H2,1-4H3,(H2,19,20,21,22). The highest BCUT2D eigenvalue weighted by molar-refractivity contribution is 7.92. The van der Waals surface area contributed by atoms with E-state index in [9.17, 15) is 13.5 Å². The molecule has 0 saturated carbocycles. The minimum Gasteiger partial charge on any atom is -0.391 e. The largest absolute Gasteiger partial charge is 0.391 e. The molecule has 0 aliphatic heterocycles. The predicted molar refractivity (Wildman–Crippen MR) is 101 cm³/mol. The van der Waals surface area contributed by atoms with E-state index >= 15 is 0 Å². The highest BCUT2D eigenvalue weighted by Crippen LogP contribution is 2.31. The molecule has 3 rings (SSSR count). The Balaban J connectivity index is 2.14. The van der Waals surface area contributed by atoms with Crippen molar-refractivity contribution in [1.29, 1.82) is 0 Å². The van der Waals surface area contributed by atoms with Gasteiger partial charge in [-0.15, -0.1) is 0 Å². The molecule has 3 N–H and O–H groups in total. The molecule has 2 heterocycles. The van der Waals surface area contributed by atoms with Crippen LogP contribution in [-0.4, -0.2) is 33.5 Å². The molecule has 3 aromatic rings. The average molecular weight is 374 g/mol. The maximum atomic E-state index is 12.8. The zero-order valence-electron chi connectivity index (χ0n) is 15.2. The highest BCUT2D eigenvalue weighted by Gasteiger charge is 2.31. The molecular formula is C18H22N4O3S. The normalized spacial score (nSPS) is 12.5. The van der Waals surface area contributed by atoms with E-state index in [1.54, 1.807) is 51.2 Å². The fourth-order valence-corrected chi connectivity index (χ4v) is 3.86. The molecule has 0 bridgehead atoms. The SMILES string of the molecule is Cc1[nH]nc(Nc2ccnc3ccc(S(=O)(=O)C(C)(C)C)cc23)c1CO. The lowest BCUT2D eigenvalue weighted by atomic mass is 10.2. The number of nitrogens with zero attached hydrogens (tertiary/aromatic N) is 2. The van der Waals surface area contributed by atoms with Crippen LogP contribution < -0.4 is 5.32 Å². The van der Waals surface area contributed by atoms with Gasteiger partial charge in [0, 0.05) is 22.8 Å². The Morgan fingerprint density at radius 3 is 2.62 bits per heavy atom. The van der Waals surface area contributed by atoms with Crippen LogP contribution in [-0.2, 0) is 16.4 Å². The summed E-state index contributed by atoms with van der Waals surface area (Å²) in [7, 11) is -3.48. The van der Waals surface area contributed by atoms with Gasteiger partial charge >= 0.3 is 0 Å². The first-order chi connectivity index (χ1) is 12.1. The van der Waals surface area contributed by atoms with E-state index in [2.05, 4.69) is 20.5 Å². The maximum absolute atomic E-state index is 12.8. The summed E-state index contributed by atoms with van der Waals surface area (Å²) in [4.78, 5) is 4.55. The monoisotopic (exact) mass is 374 g/mol. The Labute approximate surface area is 152 Å². The fraction of sp³-hybridized carbons (Fsp3) is 0.333. The second-order valence-electron chi connectivity index (χ2n) is 7.11. The summed E-state index contributed by atoms with van der Waals surface area (Å²) in [6.07, 6.45) is 1.64. The van der Waals surface area contributed by atoms with E-state index in [1.807, 2.05) is 6.92 Å². The maximum Gasteiger partial charge on any atom is 0.183 e. The molecule has 7 nitrogen and oxygen atoms in total. The first-order valence-electron chi connectivity index (χ1n) is 8.20. The number of anilines is 2. The number of aliphatic hydroxyl groups is 1. The minimum atomic E-state index is -3.48. The lowest BCUT2D eigenvalue weighted by molar-refractivity contribution is 0.282. The first kappa shape index (κ1) is 18.3. The van der Waals surface area contributed by atoms with Gasteiger partial charge in [0.1, 0.15) is 0 Å². The van der Waals surface area contributed by atoms with Crippen molar-refractivity contribution in [3.8, 4) is 0 Å². The summed E-state index contributed by atoms with van der Waals surface area (Å²) >= 11 is 0. The minimum absolute atomic E-state index is 0.155. The van der Waals surface area contributed by atoms with E-state index < -0.39 is 14.6 Å². The molecule has 0 fully saturated rings. The average Bonchev–Trinajstić information content (AvgIpc) is 2.93. The molecule has 0 aliphatic rings. The molecule has 0 radical (unpaired) electrons. The van der Waals surface area contributed by atoms with Crippen molar-refractivity contribution in [1.82, 2.24) is 15.2 Å². The van der Waals surface area contributed by atoms with Gasteiger partial charge in [0.05, 0.1) is 27.5 Å². The smallest absolute Gasteiger partial charge is 0.183 e. The van der Waals surface area contributed by atoms with E-state index in [-0.39, 0.29) is 11.5 Å². The molecule has 0 unspecified atom stereocenters. The van der Waals surface area contributed by atoms with Crippen molar-refractivity contribution in [2.75, 3.05) is 5.32 Å². The quantitative estimate of drug-likeness (QED) is 0.648. The highest BCUT2D eigenvalue weighted by atomic mass is 32.2. The van der Waals surface area contributed by atoms with E-state index in [1.165, 1.54) is 0 Å². The first-order valence-corrected chi connectivity index (χ1v) is 9.68. The second-order valence-corrected chi connectivity index (χ2v) is 9.82. The number of nitrogens with one attached hydrogen (secondary N) is 2. The van der Waals surface area contributed by atoms with Crippen molar-refractivity contribution in [3.05, 3.63) is 41.7 Å². The molecule has 0 aliphatic carbocycles. The number of aryl methyl sites for hydroxylation is 1. The van der Waals surface area contributed by atoms with Crippen molar-refractivity contribution >= 4 is 32.2 Å². The van der Waals surface area contributed by atoms with Gasteiger partial charge in [0.25, 0.3) is 0 Å². The van der Waals surface area contributed by atoms with Crippen LogP contribution in [0.15, 0.2) is 35.4 Å². The lowest BCUT2D eigenvalue weighted by Gasteiger charge is -2.19. The van der Waals surface area contributed by atoms with Crippen LogP contribution >= 0.6 is 0 Å². The third-order valence-electron chi connectivity index (χ3n) is 4.31. The summed E-state index contributed by atoms with van der Waals surface area (Å²) < 4.78 is 24.7. The third kappa shape index (κ3) is 3.06. The summed E-state index contributed by atoms with van der Waals surface area (Å²) in [5.74, 6) is 0.501. The lowest BCUT2D eigenvalue weighted by Crippen LogP contribution is -2.27. The van der Waals surface area contributed by atoms with Crippen molar-refractivity contribution in [2.45, 2.75) is 43.9 Å². The third-order valence-corrected chi connectivity index (χ3v) is 6.80. The van der Waals surface area contributed by atoms with Gasteiger partial charge in [-0.3, -0.25) is 10.1 Å². The van der Waals surface area contributed by atoms with Crippen LogP contribution in [0, 0.1) is 6.92 Å².